The molecule has 0 aromatic carbocycles. The molecule has 1 rings (SSSR count). The van der Waals surface area contributed by atoms with E-state index in [1.54, 1.807) is 11.0 Å². The third kappa shape index (κ3) is 2.38. The fraction of sp³-hybridized carbons (Fsp3) is 0.500. The number of rotatable bonds is 4. The Hall–Kier alpha value is -1.32. The van der Waals surface area contributed by atoms with E-state index >= 15 is 0 Å². The van der Waals surface area contributed by atoms with Crippen LogP contribution in [-0.4, -0.2) is 29.8 Å². The van der Waals surface area contributed by atoms with Crippen molar-refractivity contribution in [1.82, 2.24) is 4.90 Å². The molecule has 0 aromatic rings. The lowest BCUT2D eigenvalue weighted by Gasteiger charge is -2.13. The van der Waals surface area contributed by atoms with E-state index < -0.39 is 0 Å². The van der Waals surface area contributed by atoms with Crippen LogP contribution in [0.25, 0.3) is 0 Å². The molecule has 0 bridgehead atoms. The van der Waals surface area contributed by atoms with Crippen molar-refractivity contribution in [2.24, 2.45) is 5.73 Å². The highest BCUT2D eigenvalue weighted by Gasteiger charge is 2.13. The summed E-state index contributed by atoms with van der Waals surface area (Å²) in [4.78, 5) is 23.0. The van der Waals surface area contributed by atoms with Crippen molar-refractivity contribution in [1.29, 1.82) is 0 Å². The smallest absolute Gasteiger partial charge is 0.246 e. The van der Waals surface area contributed by atoms with Crippen LogP contribution in [0.3, 0.4) is 0 Å². The predicted molar refractivity (Wildman–Crippen MR) is 44.1 cm³/mol. The minimum absolute atomic E-state index is 0.0273. The van der Waals surface area contributed by atoms with Crippen LogP contribution in [0.15, 0.2) is 12.2 Å². The van der Waals surface area contributed by atoms with Gasteiger partial charge in [0.15, 0.2) is 0 Å². The van der Waals surface area contributed by atoms with Gasteiger partial charge in [-0.05, 0) is 6.42 Å². The normalized spacial score (nSPS) is 15.7. The van der Waals surface area contributed by atoms with Gasteiger partial charge in [-0.15, -0.1) is 0 Å². The predicted octanol–water partition coefficient (Wildman–Crippen LogP) is -0.350. The summed E-state index contributed by atoms with van der Waals surface area (Å²) in [6.07, 6.45) is 4.36. The van der Waals surface area contributed by atoms with Crippen LogP contribution in [0.4, 0.5) is 0 Å². The SMILES string of the molecule is NC(=O)CCCN1CC=CC1=O. The molecule has 0 unspecified atom stereocenters. The van der Waals surface area contributed by atoms with Gasteiger partial charge in [-0.1, -0.05) is 6.08 Å². The molecule has 4 heteroatoms. The lowest BCUT2D eigenvalue weighted by Crippen LogP contribution is -2.27. The second-order valence-corrected chi connectivity index (χ2v) is 2.76. The molecule has 0 spiro atoms. The lowest BCUT2D eigenvalue weighted by atomic mass is 10.3. The average molecular weight is 168 g/mol. The fourth-order valence-electron chi connectivity index (χ4n) is 1.12. The molecule has 0 aromatic heterocycles. The van der Waals surface area contributed by atoms with Crippen molar-refractivity contribution in [2.75, 3.05) is 13.1 Å². The Kier molecular flexibility index (Phi) is 2.85. The highest BCUT2D eigenvalue weighted by molar-refractivity contribution is 5.89. The van der Waals surface area contributed by atoms with Crippen LogP contribution in [0, 0.1) is 0 Å². The number of carbonyl (C=O) groups is 2. The van der Waals surface area contributed by atoms with Crippen LogP contribution in [0.5, 0.6) is 0 Å². The molecule has 2 N–H and O–H groups in total. The molecule has 12 heavy (non-hydrogen) atoms. The third-order valence-electron chi connectivity index (χ3n) is 1.75. The summed E-state index contributed by atoms with van der Waals surface area (Å²) >= 11 is 0. The fourth-order valence-corrected chi connectivity index (χ4v) is 1.12. The summed E-state index contributed by atoms with van der Waals surface area (Å²) in [6.45, 7) is 1.28. The topological polar surface area (TPSA) is 63.4 Å². The van der Waals surface area contributed by atoms with Gasteiger partial charge in [0.25, 0.3) is 0 Å². The van der Waals surface area contributed by atoms with E-state index in [4.69, 9.17) is 5.73 Å². The third-order valence-corrected chi connectivity index (χ3v) is 1.75. The van der Waals surface area contributed by atoms with Gasteiger partial charge in [-0.3, -0.25) is 9.59 Å². The van der Waals surface area contributed by atoms with Gasteiger partial charge in [0.1, 0.15) is 0 Å². The van der Waals surface area contributed by atoms with Crippen molar-refractivity contribution >= 4 is 11.8 Å². The molecule has 1 aliphatic rings. The van der Waals surface area contributed by atoms with Gasteiger partial charge in [0.05, 0.1) is 0 Å². The summed E-state index contributed by atoms with van der Waals surface area (Å²) in [7, 11) is 0. The summed E-state index contributed by atoms with van der Waals surface area (Å²) in [5.74, 6) is -0.283. The number of carbonyl (C=O) groups excluding carboxylic acids is 2. The second-order valence-electron chi connectivity index (χ2n) is 2.76. The van der Waals surface area contributed by atoms with Gasteiger partial charge in [-0.2, -0.15) is 0 Å². The Morgan fingerprint density at radius 1 is 1.67 bits per heavy atom. The van der Waals surface area contributed by atoms with Crippen LogP contribution in [-0.2, 0) is 9.59 Å². The van der Waals surface area contributed by atoms with E-state index in [0.717, 1.165) is 0 Å². The summed E-state index contributed by atoms with van der Waals surface area (Å²) < 4.78 is 0. The zero-order chi connectivity index (χ0) is 8.97. The number of hydrogen-bond acceptors (Lipinski definition) is 2. The highest BCUT2D eigenvalue weighted by atomic mass is 16.2. The van der Waals surface area contributed by atoms with Crippen molar-refractivity contribution in [3.8, 4) is 0 Å². The van der Waals surface area contributed by atoms with E-state index in [-0.39, 0.29) is 11.8 Å². The van der Waals surface area contributed by atoms with E-state index in [0.29, 0.717) is 25.9 Å². The molecule has 0 fully saturated rings. The molecule has 0 radical (unpaired) electrons. The van der Waals surface area contributed by atoms with E-state index in [2.05, 4.69) is 0 Å². The Labute approximate surface area is 71.0 Å². The van der Waals surface area contributed by atoms with Gasteiger partial charge in [-0.25, -0.2) is 0 Å². The van der Waals surface area contributed by atoms with Gasteiger partial charge in [0, 0.05) is 25.6 Å². The summed E-state index contributed by atoms with van der Waals surface area (Å²) in [5, 5.41) is 0. The zero-order valence-corrected chi connectivity index (χ0v) is 6.82. The first-order chi connectivity index (χ1) is 5.70. The number of primary amides is 1. The molecule has 2 amide bonds. The minimum atomic E-state index is -0.311. The first-order valence-electron chi connectivity index (χ1n) is 3.94. The first kappa shape index (κ1) is 8.77. The first-order valence-corrected chi connectivity index (χ1v) is 3.94. The largest absolute Gasteiger partial charge is 0.370 e. The van der Waals surface area contributed by atoms with Crippen LogP contribution in [0.2, 0.25) is 0 Å². The summed E-state index contributed by atoms with van der Waals surface area (Å²) in [6, 6.07) is 0. The standard InChI is InChI=1S/C8H12N2O2/c9-7(11)3-1-5-10-6-2-4-8(10)12/h2,4H,1,3,5-6H2,(H2,9,11). The van der Waals surface area contributed by atoms with Crippen molar-refractivity contribution in [3.63, 3.8) is 0 Å². The maximum Gasteiger partial charge on any atom is 0.246 e. The molecule has 0 aliphatic carbocycles. The second kappa shape index (κ2) is 3.90. The Bertz CT molecular complexity index is 223. The maximum absolute atomic E-state index is 11.0. The Morgan fingerprint density at radius 3 is 2.92 bits per heavy atom. The monoisotopic (exact) mass is 168 g/mol. The van der Waals surface area contributed by atoms with E-state index in [1.165, 1.54) is 0 Å². The molecule has 0 saturated carbocycles. The number of nitrogens with two attached hydrogens (primary N) is 1. The number of nitrogens with zero attached hydrogens (tertiary/aromatic N) is 1. The number of hydrogen-bond donors (Lipinski definition) is 1. The van der Waals surface area contributed by atoms with Gasteiger partial charge >= 0.3 is 0 Å². The molecular weight excluding hydrogens is 156 g/mol. The van der Waals surface area contributed by atoms with Crippen LogP contribution < -0.4 is 5.73 Å². The van der Waals surface area contributed by atoms with Crippen LogP contribution in [0.1, 0.15) is 12.8 Å². The number of amides is 2. The molecule has 66 valence electrons. The minimum Gasteiger partial charge on any atom is -0.370 e. The Morgan fingerprint density at radius 2 is 2.42 bits per heavy atom. The van der Waals surface area contributed by atoms with Crippen molar-refractivity contribution < 1.29 is 9.59 Å². The molecule has 0 saturated heterocycles. The zero-order valence-electron chi connectivity index (χ0n) is 6.82. The highest BCUT2D eigenvalue weighted by Crippen LogP contribution is 2.02. The lowest BCUT2D eigenvalue weighted by molar-refractivity contribution is -0.125. The molecule has 0 atom stereocenters. The van der Waals surface area contributed by atoms with E-state index in [1.807, 2.05) is 6.08 Å². The molecule has 1 heterocycles. The maximum atomic E-state index is 11.0. The van der Waals surface area contributed by atoms with Crippen LogP contribution >= 0.6 is 0 Å². The van der Waals surface area contributed by atoms with E-state index in [9.17, 15) is 9.59 Å². The molecule has 4 nitrogen and oxygen atoms in total. The van der Waals surface area contributed by atoms with Gasteiger partial charge in [0.2, 0.25) is 11.8 Å². The van der Waals surface area contributed by atoms with Crippen molar-refractivity contribution in [3.05, 3.63) is 12.2 Å². The molecule has 1 aliphatic heterocycles. The summed E-state index contributed by atoms with van der Waals surface area (Å²) in [5.41, 5.74) is 4.95. The Balaban J connectivity index is 2.16. The van der Waals surface area contributed by atoms with Gasteiger partial charge < -0.3 is 10.6 Å². The quantitative estimate of drug-likeness (QED) is 0.623. The average Bonchev–Trinajstić information content (AvgIpc) is 2.36. The van der Waals surface area contributed by atoms with Crippen molar-refractivity contribution in [2.45, 2.75) is 12.8 Å². The molecular formula is C8H12N2O2.